The lowest BCUT2D eigenvalue weighted by Crippen LogP contribution is -1.99. The van der Waals surface area contributed by atoms with Crippen LogP contribution in [0.15, 0.2) is 47.3 Å². The molecule has 15 heavy (non-hydrogen) atoms. The zero-order chi connectivity index (χ0) is 10.9. The predicted molar refractivity (Wildman–Crippen MR) is 56.9 cm³/mol. The third-order valence-electron chi connectivity index (χ3n) is 2.04. The van der Waals surface area contributed by atoms with Crippen molar-refractivity contribution in [2.24, 2.45) is 0 Å². The van der Waals surface area contributed by atoms with Crippen LogP contribution in [0.1, 0.15) is 0 Å². The molecule has 0 aliphatic heterocycles. The van der Waals surface area contributed by atoms with Gasteiger partial charge in [0.1, 0.15) is 4.90 Å². The van der Waals surface area contributed by atoms with Crippen LogP contribution in [0.5, 0.6) is 0 Å². The van der Waals surface area contributed by atoms with E-state index < -0.39 is 9.84 Å². The quantitative estimate of drug-likeness (QED) is 0.770. The first-order valence-corrected chi connectivity index (χ1v) is 5.78. The maximum Gasteiger partial charge on any atom is 0.201 e. The molecule has 2 rings (SSSR count). The molecule has 0 spiro atoms. The lowest BCUT2D eigenvalue weighted by atomic mass is 10.2. The fourth-order valence-electron chi connectivity index (χ4n) is 1.30. The number of aromatic nitrogens is 2. The number of hydrogen-bond acceptors (Lipinski definition) is 4. The molecule has 4 nitrogen and oxygen atoms in total. The van der Waals surface area contributed by atoms with Gasteiger partial charge in [0.2, 0.25) is 9.84 Å². The fourth-order valence-corrected chi connectivity index (χ4v) is 2.15. The van der Waals surface area contributed by atoms with E-state index in [2.05, 4.69) is 16.8 Å². The minimum Gasteiger partial charge on any atom is -0.219 e. The Morgan fingerprint density at radius 3 is 2.73 bits per heavy atom. The smallest absolute Gasteiger partial charge is 0.201 e. The number of rotatable bonds is 2. The third kappa shape index (κ3) is 1.61. The summed E-state index contributed by atoms with van der Waals surface area (Å²) in [7, 11) is -3.46. The summed E-state index contributed by atoms with van der Waals surface area (Å²) in [6.45, 7) is 3.28. The lowest BCUT2D eigenvalue weighted by molar-refractivity contribution is 0.605. The molecule has 1 aromatic carbocycles. The first-order valence-electron chi connectivity index (χ1n) is 4.23. The van der Waals surface area contributed by atoms with Gasteiger partial charge in [0.15, 0.2) is 0 Å². The lowest BCUT2D eigenvalue weighted by Gasteiger charge is -2.01. The Hall–Kier alpha value is -1.75. The van der Waals surface area contributed by atoms with Crippen LogP contribution in [0.4, 0.5) is 0 Å². The second kappa shape index (κ2) is 3.43. The molecule has 0 amide bonds. The highest BCUT2D eigenvalue weighted by Gasteiger charge is 2.14. The van der Waals surface area contributed by atoms with Crippen molar-refractivity contribution < 1.29 is 8.42 Å². The SMILES string of the molecule is C=CS(=O)(=O)c1cnnc2ccccc12. The number of fused-ring (bicyclic) bond motifs is 1. The van der Waals surface area contributed by atoms with Gasteiger partial charge in [-0.1, -0.05) is 24.8 Å². The van der Waals surface area contributed by atoms with Gasteiger partial charge in [-0.05, 0) is 6.07 Å². The van der Waals surface area contributed by atoms with Gasteiger partial charge in [-0.3, -0.25) is 0 Å². The van der Waals surface area contributed by atoms with E-state index in [4.69, 9.17) is 0 Å². The van der Waals surface area contributed by atoms with Gasteiger partial charge in [0.05, 0.1) is 11.7 Å². The number of hydrogen-bond donors (Lipinski definition) is 0. The van der Waals surface area contributed by atoms with E-state index in [9.17, 15) is 8.42 Å². The molecule has 0 aliphatic rings. The number of benzene rings is 1. The Kier molecular flexibility index (Phi) is 2.24. The number of nitrogens with zero attached hydrogens (tertiary/aromatic N) is 2. The van der Waals surface area contributed by atoms with E-state index in [0.29, 0.717) is 10.9 Å². The Morgan fingerprint density at radius 1 is 1.27 bits per heavy atom. The summed E-state index contributed by atoms with van der Waals surface area (Å²) in [5.74, 6) is 0. The van der Waals surface area contributed by atoms with Crippen molar-refractivity contribution >= 4 is 20.7 Å². The Morgan fingerprint density at radius 2 is 2.00 bits per heavy atom. The largest absolute Gasteiger partial charge is 0.219 e. The van der Waals surface area contributed by atoms with Gasteiger partial charge >= 0.3 is 0 Å². The molecule has 0 atom stereocenters. The maximum atomic E-state index is 11.6. The summed E-state index contributed by atoms with van der Waals surface area (Å²) < 4.78 is 23.3. The minimum absolute atomic E-state index is 0.142. The molecule has 0 N–H and O–H groups in total. The molecular formula is C10H8N2O2S. The molecule has 76 valence electrons. The standard InChI is InChI=1S/C10H8N2O2S/c1-2-15(13,14)10-7-11-12-9-6-4-3-5-8(9)10/h2-7H,1H2. The summed E-state index contributed by atoms with van der Waals surface area (Å²) >= 11 is 0. The van der Waals surface area contributed by atoms with Crippen LogP contribution in [0.2, 0.25) is 0 Å². The molecule has 0 bridgehead atoms. The summed E-state index contributed by atoms with van der Waals surface area (Å²) in [5, 5.41) is 8.97. The van der Waals surface area contributed by atoms with Crippen molar-refractivity contribution in [3.8, 4) is 0 Å². The molecule has 0 saturated carbocycles. The Bertz CT molecular complexity index is 615. The average Bonchev–Trinajstić information content (AvgIpc) is 2.28. The Labute approximate surface area is 87.2 Å². The van der Waals surface area contributed by atoms with Crippen LogP contribution in [-0.4, -0.2) is 18.6 Å². The van der Waals surface area contributed by atoms with Crippen LogP contribution in [0.25, 0.3) is 10.9 Å². The van der Waals surface area contributed by atoms with Crippen LogP contribution in [0.3, 0.4) is 0 Å². The van der Waals surface area contributed by atoms with Crippen LogP contribution in [0, 0.1) is 0 Å². The topological polar surface area (TPSA) is 59.9 Å². The third-order valence-corrected chi connectivity index (χ3v) is 3.41. The first-order chi connectivity index (χ1) is 7.15. The van der Waals surface area contributed by atoms with Gasteiger partial charge in [-0.2, -0.15) is 10.2 Å². The van der Waals surface area contributed by atoms with Crippen LogP contribution < -0.4 is 0 Å². The van der Waals surface area contributed by atoms with Crippen molar-refractivity contribution in [3.05, 3.63) is 42.4 Å². The van der Waals surface area contributed by atoms with Crippen molar-refractivity contribution in [3.63, 3.8) is 0 Å². The summed E-state index contributed by atoms with van der Waals surface area (Å²) in [6, 6.07) is 6.94. The molecule has 0 saturated heterocycles. The van der Waals surface area contributed by atoms with Gasteiger partial charge in [0, 0.05) is 10.8 Å². The minimum atomic E-state index is -3.46. The molecule has 5 heteroatoms. The van der Waals surface area contributed by atoms with Gasteiger partial charge in [-0.15, -0.1) is 0 Å². The van der Waals surface area contributed by atoms with Crippen LogP contribution >= 0.6 is 0 Å². The zero-order valence-electron chi connectivity index (χ0n) is 7.79. The summed E-state index contributed by atoms with van der Waals surface area (Å²) in [5.41, 5.74) is 0.556. The van der Waals surface area contributed by atoms with Gasteiger partial charge in [-0.25, -0.2) is 8.42 Å². The van der Waals surface area contributed by atoms with Crippen molar-refractivity contribution in [1.82, 2.24) is 10.2 Å². The highest BCUT2D eigenvalue weighted by molar-refractivity contribution is 7.94. The van der Waals surface area contributed by atoms with E-state index in [-0.39, 0.29) is 4.90 Å². The number of sulfone groups is 1. The highest BCUT2D eigenvalue weighted by Crippen LogP contribution is 2.20. The molecule has 0 radical (unpaired) electrons. The summed E-state index contributed by atoms with van der Waals surface area (Å²) in [6.07, 6.45) is 1.24. The van der Waals surface area contributed by atoms with E-state index in [1.165, 1.54) is 6.20 Å². The molecule has 1 aromatic heterocycles. The molecule has 2 aromatic rings. The highest BCUT2D eigenvalue weighted by atomic mass is 32.2. The molecule has 0 fully saturated rings. The van der Waals surface area contributed by atoms with E-state index in [0.717, 1.165) is 5.41 Å². The maximum absolute atomic E-state index is 11.6. The second-order valence-corrected chi connectivity index (χ2v) is 4.80. The summed E-state index contributed by atoms with van der Waals surface area (Å²) in [4.78, 5) is 0.142. The van der Waals surface area contributed by atoms with Crippen molar-refractivity contribution in [2.45, 2.75) is 4.90 Å². The Balaban J connectivity index is 2.89. The molecule has 0 aliphatic carbocycles. The second-order valence-electron chi connectivity index (χ2n) is 2.94. The van der Waals surface area contributed by atoms with Crippen LogP contribution in [-0.2, 0) is 9.84 Å². The van der Waals surface area contributed by atoms with E-state index in [1.807, 2.05) is 0 Å². The van der Waals surface area contributed by atoms with Crippen molar-refractivity contribution in [2.75, 3.05) is 0 Å². The first kappa shape index (κ1) is 9.79. The van der Waals surface area contributed by atoms with Crippen molar-refractivity contribution in [1.29, 1.82) is 0 Å². The fraction of sp³-hybridized carbons (Fsp3) is 0. The normalized spacial score (nSPS) is 11.5. The zero-order valence-corrected chi connectivity index (χ0v) is 8.61. The van der Waals surface area contributed by atoms with E-state index in [1.54, 1.807) is 24.3 Å². The molecule has 0 unspecified atom stereocenters. The monoisotopic (exact) mass is 220 g/mol. The van der Waals surface area contributed by atoms with Gasteiger partial charge < -0.3 is 0 Å². The molecule has 1 heterocycles. The average molecular weight is 220 g/mol. The predicted octanol–water partition coefficient (Wildman–Crippen LogP) is 1.55. The van der Waals surface area contributed by atoms with E-state index >= 15 is 0 Å². The molecular weight excluding hydrogens is 212 g/mol. The van der Waals surface area contributed by atoms with Gasteiger partial charge in [0.25, 0.3) is 0 Å².